The Kier molecular flexibility index (Phi) is 3.10. The highest BCUT2D eigenvalue weighted by atomic mass is 79.9. The lowest BCUT2D eigenvalue weighted by atomic mass is 10.0. The van der Waals surface area contributed by atoms with Gasteiger partial charge in [-0.05, 0) is 17.7 Å². The highest BCUT2D eigenvalue weighted by molar-refractivity contribution is 9.10. The Morgan fingerprint density at radius 3 is 2.40 bits per heavy atom. The lowest BCUT2D eigenvalue weighted by Crippen LogP contribution is -1.97. The van der Waals surface area contributed by atoms with Crippen LogP contribution in [-0.2, 0) is 14.1 Å². The van der Waals surface area contributed by atoms with Gasteiger partial charge in [0, 0.05) is 30.3 Å². The molecule has 0 amide bonds. The van der Waals surface area contributed by atoms with E-state index in [1.807, 2.05) is 44.6 Å². The van der Waals surface area contributed by atoms with Crippen molar-refractivity contribution in [1.29, 1.82) is 0 Å². The van der Waals surface area contributed by atoms with Crippen LogP contribution in [0.4, 0.5) is 5.82 Å². The van der Waals surface area contributed by atoms with Gasteiger partial charge in [-0.3, -0.25) is 9.36 Å². The van der Waals surface area contributed by atoms with E-state index in [1.54, 1.807) is 15.6 Å². The molecule has 0 unspecified atom stereocenters. The van der Waals surface area contributed by atoms with Crippen molar-refractivity contribution in [2.24, 2.45) is 14.1 Å². The highest BCUT2D eigenvalue weighted by Gasteiger charge is 2.18. The van der Waals surface area contributed by atoms with E-state index in [4.69, 9.17) is 5.73 Å². The largest absolute Gasteiger partial charge is 0.383 e. The van der Waals surface area contributed by atoms with Crippen molar-refractivity contribution >= 4 is 21.7 Å². The first-order valence-electron chi connectivity index (χ1n) is 6.13. The number of aryl methyl sites for hydroxylation is 2. The first kappa shape index (κ1) is 12.9. The molecule has 2 aromatic heterocycles. The summed E-state index contributed by atoms with van der Waals surface area (Å²) in [4.78, 5) is 0. The number of hydrogen-bond donors (Lipinski definition) is 1. The van der Waals surface area contributed by atoms with Crippen LogP contribution in [0.3, 0.4) is 0 Å². The number of anilines is 1. The van der Waals surface area contributed by atoms with E-state index in [9.17, 15) is 0 Å². The Morgan fingerprint density at radius 2 is 1.80 bits per heavy atom. The molecule has 0 spiro atoms. The molecule has 0 bridgehead atoms. The molecule has 0 aliphatic rings. The van der Waals surface area contributed by atoms with Crippen LogP contribution in [0.1, 0.15) is 0 Å². The summed E-state index contributed by atoms with van der Waals surface area (Å²) in [5.74, 6) is 0.645. The summed E-state index contributed by atoms with van der Waals surface area (Å²) < 4.78 is 4.48. The van der Waals surface area contributed by atoms with Gasteiger partial charge in [-0.25, -0.2) is 0 Å². The Bertz CT molecular complexity index is 754. The molecule has 0 aliphatic carbocycles. The van der Waals surface area contributed by atoms with Crippen molar-refractivity contribution in [1.82, 2.24) is 19.6 Å². The molecule has 0 fully saturated rings. The van der Waals surface area contributed by atoms with Gasteiger partial charge in [-0.15, -0.1) is 0 Å². The van der Waals surface area contributed by atoms with Crippen molar-refractivity contribution in [2.45, 2.75) is 0 Å². The average Bonchev–Trinajstić information content (AvgIpc) is 2.97. The topological polar surface area (TPSA) is 61.7 Å². The molecule has 0 atom stereocenters. The van der Waals surface area contributed by atoms with Crippen molar-refractivity contribution in [3.63, 3.8) is 0 Å². The average molecular weight is 332 g/mol. The maximum absolute atomic E-state index is 6.18. The summed E-state index contributed by atoms with van der Waals surface area (Å²) >= 11 is 3.44. The van der Waals surface area contributed by atoms with E-state index in [0.717, 1.165) is 26.9 Å². The van der Waals surface area contributed by atoms with Gasteiger partial charge in [0.05, 0.1) is 11.8 Å². The zero-order chi connectivity index (χ0) is 14.3. The fourth-order valence-electron chi connectivity index (χ4n) is 2.18. The smallest absolute Gasteiger partial charge is 0.129 e. The quantitative estimate of drug-likeness (QED) is 0.785. The van der Waals surface area contributed by atoms with Crippen LogP contribution in [0.5, 0.6) is 0 Å². The van der Waals surface area contributed by atoms with E-state index in [1.165, 1.54) is 0 Å². The number of rotatable bonds is 2. The number of nitrogen functional groups attached to an aromatic ring is 1. The predicted octanol–water partition coefficient (Wildman–Crippen LogP) is 2.83. The second kappa shape index (κ2) is 4.79. The van der Waals surface area contributed by atoms with Gasteiger partial charge in [0.2, 0.25) is 0 Å². The SMILES string of the molecule is Cn1cc(-c2nn(C)c(N)c2-c2ccc(Br)cc2)cn1. The van der Waals surface area contributed by atoms with Crippen molar-refractivity contribution in [2.75, 3.05) is 5.73 Å². The minimum Gasteiger partial charge on any atom is -0.383 e. The fourth-order valence-corrected chi connectivity index (χ4v) is 2.45. The summed E-state index contributed by atoms with van der Waals surface area (Å²) in [5, 5.41) is 8.72. The molecule has 0 radical (unpaired) electrons. The molecule has 6 heteroatoms. The predicted molar refractivity (Wildman–Crippen MR) is 83.0 cm³/mol. The monoisotopic (exact) mass is 331 g/mol. The standard InChI is InChI=1S/C14H14BrN5/c1-19-8-10(7-17-19)13-12(14(16)20(2)18-13)9-3-5-11(15)6-4-9/h3-8H,16H2,1-2H3. The van der Waals surface area contributed by atoms with E-state index in [2.05, 4.69) is 26.1 Å². The van der Waals surface area contributed by atoms with Crippen LogP contribution < -0.4 is 5.73 Å². The molecule has 0 saturated heterocycles. The second-order valence-electron chi connectivity index (χ2n) is 4.64. The molecule has 2 N–H and O–H groups in total. The minimum absolute atomic E-state index is 0.645. The van der Waals surface area contributed by atoms with Crippen LogP contribution in [0, 0.1) is 0 Å². The van der Waals surface area contributed by atoms with Gasteiger partial charge in [-0.1, -0.05) is 28.1 Å². The Balaban J connectivity index is 2.21. The fraction of sp³-hybridized carbons (Fsp3) is 0.143. The molecule has 3 aromatic rings. The van der Waals surface area contributed by atoms with Gasteiger partial charge in [0.1, 0.15) is 11.5 Å². The molecule has 5 nitrogen and oxygen atoms in total. The van der Waals surface area contributed by atoms with Crippen LogP contribution in [-0.4, -0.2) is 19.6 Å². The Labute approximate surface area is 125 Å². The number of nitrogens with two attached hydrogens (primary N) is 1. The number of benzene rings is 1. The Morgan fingerprint density at radius 1 is 1.10 bits per heavy atom. The maximum Gasteiger partial charge on any atom is 0.129 e. The first-order valence-corrected chi connectivity index (χ1v) is 6.93. The zero-order valence-electron chi connectivity index (χ0n) is 11.2. The number of hydrogen-bond acceptors (Lipinski definition) is 3. The lowest BCUT2D eigenvalue weighted by Gasteiger charge is -2.03. The minimum atomic E-state index is 0.645. The summed E-state index contributed by atoms with van der Waals surface area (Å²) in [6.45, 7) is 0. The molecule has 0 aliphatic heterocycles. The third kappa shape index (κ3) is 2.12. The third-order valence-electron chi connectivity index (χ3n) is 3.20. The molecule has 20 heavy (non-hydrogen) atoms. The normalized spacial score (nSPS) is 10.9. The van der Waals surface area contributed by atoms with Gasteiger partial charge < -0.3 is 5.73 Å². The zero-order valence-corrected chi connectivity index (χ0v) is 12.8. The third-order valence-corrected chi connectivity index (χ3v) is 3.73. The van der Waals surface area contributed by atoms with Crippen LogP contribution >= 0.6 is 15.9 Å². The molecular formula is C14H14BrN5. The molecule has 1 aromatic carbocycles. The molecule has 102 valence electrons. The molecular weight excluding hydrogens is 318 g/mol. The van der Waals surface area contributed by atoms with Gasteiger partial charge in [-0.2, -0.15) is 10.2 Å². The number of aromatic nitrogens is 4. The summed E-state index contributed by atoms with van der Waals surface area (Å²) in [6, 6.07) is 8.04. The first-order chi connectivity index (χ1) is 9.56. The summed E-state index contributed by atoms with van der Waals surface area (Å²) in [6.07, 6.45) is 3.73. The van der Waals surface area contributed by atoms with E-state index in [-0.39, 0.29) is 0 Å². The number of halogens is 1. The Hall–Kier alpha value is -2.08. The van der Waals surface area contributed by atoms with E-state index in [0.29, 0.717) is 5.82 Å². The van der Waals surface area contributed by atoms with E-state index < -0.39 is 0 Å². The molecule has 2 heterocycles. The maximum atomic E-state index is 6.18. The highest BCUT2D eigenvalue weighted by Crippen LogP contribution is 2.35. The van der Waals surface area contributed by atoms with Crippen molar-refractivity contribution < 1.29 is 0 Å². The van der Waals surface area contributed by atoms with E-state index >= 15 is 0 Å². The summed E-state index contributed by atoms with van der Waals surface area (Å²) in [5.41, 5.74) is 9.96. The van der Waals surface area contributed by atoms with Crippen molar-refractivity contribution in [3.8, 4) is 22.4 Å². The van der Waals surface area contributed by atoms with Crippen LogP contribution in [0.2, 0.25) is 0 Å². The molecule has 3 rings (SSSR count). The lowest BCUT2D eigenvalue weighted by molar-refractivity contribution is 0.767. The van der Waals surface area contributed by atoms with Crippen molar-refractivity contribution in [3.05, 3.63) is 41.1 Å². The number of nitrogens with zero attached hydrogens (tertiary/aromatic N) is 4. The summed E-state index contributed by atoms with van der Waals surface area (Å²) in [7, 11) is 3.73. The van der Waals surface area contributed by atoms with Gasteiger partial charge >= 0.3 is 0 Å². The van der Waals surface area contributed by atoms with Crippen LogP contribution in [0.25, 0.3) is 22.4 Å². The molecule has 0 saturated carbocycles. The van der Waals surface area contributed by atoms with Gasteiger partial charge in [0.15, 0.2) is 0 Å². The second-order valence-corrected chi connectivity index (χ2v) is 5.56. The van der Waals surface area contributed by atoms with Gasteiger partial charge in [0.25, 0.3) is 0 Å². The van der Waals surface area contributed by atoms with Crippen LogP contribution in [0.15, 0.2) is 41.1 Å².